The first kappa shape index (κ1) is 13.1. The Balaban J connectivity index is 1.63. The topological polar surface area (TPSA) is 15.3 Å². The molecule has 3 rings (SSSR count). The maximum absolute atomic E-state index is 3.86. The van der Waals surface area contributed by atoms with E-state index in [0.29, 0.717) is 12.1 Å². The van der Waals surface area contributed by atoms with Gasteiger partial charge in [-0.15, -0.1) is 0 Å². The Morgan fingerprint density at radius 1 is 1.21 bits per heavy atom. The molecule has 19 heavy (non-hydrogen) atoms. The van der Waals surface area contributed by atoms with Crippen molar-refractivity contribution in [3.8, 4) is 0 Å². The number of nitrogens with zero attached hydrogens (tertiary/aromatic N) is 1. The number of piperidine rings is 1. The summed E-state index contributed by atoms with van der Waals surface area (Å²) in [5.74, 6) is 0. The lowest BCUT2D eigenvalue weighted by atomic mass is 9.96. The lowest BCUT2D eigenvalue weighted by molar-refractivity contribution is 0.144. The van der Waals surface area contributed by atoms with Crippen LogP contribution in [0.25, 0.3) is 0 Å². The minimum absolute atomic E-state index is 0.465. The van der Waals surface area contributed by atoms with Gasteiger partial charge >= 0.3 is 0 Å². The summed E-state index contributed by atoms with van der Waals surface area (Å²) in [5, 5.41) is 3.86. The van der Waals surface area contributed by atoms with Crippen LogP contribution in [0.3, 0.4) is 0 Å². The monoisotopic (exact) mass is 258 g/mol. The molecule has 2 aliphatic rings. The van der Waals surface area contributed by atoms with Gasteiger partial charge in [0.1, 0.15) is 0 Å². The highest BCUT2D eigenvalue weighted by molar-refractivity contribution is 5.24. The smallest absolute Gasteiger partial charge is 0.0294 e. The molecular formula is C17H26N2. The van der Waals surface area contributed by atoms with E-state index in [0.717, 1.165) is 12.1 Å². The van der Waals surface area contributed by atoms with Gasteiger partial charge in [0.2, 0.25) is 0 Å². The molecule has 1 aromatic rings. The largest absolute Gasteiger partial charge is 0.307 e. The third-order valence-corrected chi connectivity index (χ3v) is 5.13. The lowest BCUT2D eigenvalue weighted by Gasteiger charge is -2.38. The van der Waals surface area contributed by atoms with Crippen LogP contribution in [0.1, 0.15) is 49.8 Å². The molecule has 2 nitrogen and oxygen atoms in total. The Morgan fingerprint density at radius 3 is 2.53 bits per heavy atom. The SMILES string of the molecule is Cc1cccc([C@@H](C)NC2CC3CCC(C2)N3C)c1. The van der Waals surface area contributed by atoms with Crippen molar-refractivity contribution in [2.24, 2.45) is 0 Å². The summed E-state index contributed by atoms with van der Waals surface area (Å²) in [5.41, 5.74) is 2.78. The third kappa shape index (κ3) is 2.70. The summed E-state index contributed by atoms with van der Waals surface area (Å²) >= 11 is 0. The molecule has 2 bridgehead atoms. The Kier molecular flexibility index (Phi) is 3.64. The summed E-state index contributed by atoms with van der Waals surface area (Å²) in [7, 11) is 2.31. The predicted octanol–water partition coefficient (Wildman–Crippen LogP) is 3.27. The average Bonchev–Trinajstić information content (AvgIpc) is 2.62. The van der Waals surface area contributed by atoms with Gasteiger partial charge in [-0.1, -0.05) is 29.8 Å². The average molecular weight is 258 g/mol. The highest BCUT2D eigenvalue weighted by atomic mass is 15.2. The van der Waals surface area contributed by atoms with E-state index in [2.05, 4.69) is 55.4 Å². The highest BCUT2D eigenvalue weighted by Gasteiger charge is 2.38. The molecule has 2 heterocycles. The molecule has 0 spiro atoms. The molecule has 0 radical (unpaired) electrons. The molecule has 0 saturated carbocycles. The molecular weight excluding hydrogens is 232 g/mol. The van der Waals surface area contributed by atoms with Gasteiger partial charge in [0, 0.05) is 24.2 Å². The minimum atomic E-state index is 0.465. The van der Waals surface area contributed by atoms with E-state index in [1.807, 2.05) is 0 Å². The van der Waals surface area contributed by atoms with Crippen molar-refractivity contribution in [1.29, 1.82) is 0 Å². The highest BCUT2D eigenvalue weighted by Crippen LogP contribution is 2.35. The summed E-state index contributed by atoms with van der Waals surface area (Å²) < 4.78 is 0. The summed E-state index contributed by atoms with van der Waals surface area (Å²) in [4.78, 5) is 2.61. The van der Waals surface area contributed by atoms with E-state index in [4.69, 9.17) is 0 Å². The Morgan fingerprint density at radius 2 is 1.89 bits per heavy atom. The Labute approximate surface area is 117 Å². The number of aryl methyl sites for hydroxylation is 1. The number of hydrogen-bond acceptors (Lipinski definition) is 2. The van der Waals surface area contributed by atoms with Gasteiger partial charge in [-0.05, 0) is 52.1 Å². The van der Waals surface area contributed by atoms with Crippen molar-refractivity contribution in [3.05, 3.63) is 35.4 Å². The molecule has 0 amide bonds. The molecule has 2 aliphatic heterocycles. The van der Waals surface area contributed by atoms with Gasteiger partial charge in [-0.25, -0.2) is 0 Å². The van der Waals surface area contributed by atoms with Gasteiger partial charge in [-0.3, -0.25) is 0 Å². The van der Waals surface area contributed by atoms with Crippen molar-refractivity contribution in [3.63, 3.8) is 0 Å². The van der Waals surface area contributed by atoms with Crippen molar-refractivity contribution >= 4 is 0 Å². The van der Waals surface area contributed by atoms with Crippen LogP contribution < -0.4 is 5.32 Å². The zero-order chi connectivity index (χ0) is 13.4. The fraction of sp³-hybridized carbons (Fsp3) is 0.647. The van der Waals surface area contributed by atoms with Crippen LogP contribution >= 0.6 is 0 Å². The van der Waals surface area contributed by atoms with Crippen LogP contribution in [-0.2, 0) is 0 Å². The number of fused-ring (bicyclic) bond motifs is 2. The predicted molar refractivity (Wildman–Crippen MR) is 80.3 cm³/mol. The summed E-state index contributed by atoms with van der Waals surface area (Å²) in [6, 6.07) is 11.7. The Hall–Kier alpha value is -0.860. The zero-order valence-corrected chi connectivity index (χ0v) is 12.4. The first-order valence-electron chi connectivity index (χ1n) is 7.68. The van der Waals surface area contributed by atoms with Crippen molar-refractivity contribution in [1.82, 2.24) is 10.2 Å². The van der Waals surface area contributed by atoms with E-state index in [-0.39, 0.29) is 0 Å². The fourth-order valence-corrected chi connectivity index (χ4v) is 3.94. The van der Waals surface area contributed by atoms with E-state index in [1.54, 1.807) is 0 Å². The fourth-order valence-electron chi connectivity index (χ4n) is 3.94. The van der Waals surface area contributed by atoms with E-state index < -0.39 is 0 Å². The second-order valence-corrected chi connectivity index (χ2v) is 6.52. The second kappa shape index (κ2) is 5.26. The van der Waals surface area contributed by atoms with Gasteiger partial charge in [-0.2, -0.15) is 0 Å². The molecule has 104 valence electrons. The number of rotatable bonds is 3. The molecule has 2 heteroatoms. The summed E-state index contributed by atoms with van der Waals surface area (Å²) in [6.45, 7) is 4.47. The number of benzene rings is 1. The first-order chi connectivity index (χ1) is 9.13. The normalized spacial score (nSPS) is 32.5. The lowest BCUT2D eigenvalue weighted by Crippen LogP contribution is -2.47. The third-order valence-electron chi connectivity index (χ3n) is 5.13. The van der Waals surface area contributed by atoms with Gasteiger partial charge in [0.25, 0.3) is 0 Å². The van der Waals surface area contributed by atoms with E-state index in [1.165, 1.54) is 36.8 Å². The van der Waals surface area contributed by atoms with Crippen molar-refractivity contribution in [2.45, 2.75) is 63.7 Å². The second-order valence-electron chi connectivity index (χ2n) is 6.52. The van der Waals surface area contributed by atoms with Gasteiger partial charge in [0.05, 0.1) is 0 Å². The molecule has 2 saturated heterocycles. The van der Waals surface area contributed by atoms with Crippen LogP contribution in [0, 0.1) is 6.92 Å². The maximum atomic E-state index is 3.86. The Bertz CT molecular complexity index is 429. The van der Waals surface area contributed by atoms with Crippen LogP contribution in [0.4, 0.5) is 0 Å². The molecule has 0 aliphatic carbocycles. The molecule has 0 aromatic heterocycles. The van der Waals surface area contributed by atoms with E-state index in [9.17, 15) is 0 Å². The van der Waals surface area contributed by atoms with Crippen LogP contribution in [-0.4, -0.2) is 30.1 Å². The number of nitrogens with one attached hydrogen (secondary N) is 1. The molecule has 2 fully saturated rings. The van der Waals surface area contributed by atoms with Gasteiger partial charge in [0.15, 0.2) is 0 Å². The maximum Gasteiger partial charge on any atom is 0.0294 e. The standard InChI is InChI=1S/C17H26N2/c1-12-5-4-6-14(9-12)13(2)18-15-10-16-7-8-17(11-15)19(16)3/h4-6,9,13,15-18H,7-8,10-11H2,1-3H3/t13-,15?,16?,17?/m1/s1. The molecule has 1 N–H and O–H groups in total. The molecule has 3 atom stereocenters. The van der Waals surface area contributed by atoms with Crippen molar-refractivity contribution < 1.29 is 0 Å². The van der Waals surface area contributed by atoms with Gasteiger partial charge < -0.3 is 10.2 Å². The van der Waals surface area contributed by atoms with Crippen LogP contribution in [0.5, 0.6) is 0 Å². The van der Waals surface area contributed by atoms with Crippen LogP contribution in [0.15, 0.2) is 24.3 Å². The minimum Gasteiger partial charge on any atom is -0.307 e. The van der Waals surface area contributed by atoms with Crippen molar-refractivity contribution in [2.75, 3.05) is 7.05 Å². The first-order valence-corrected chi connectivity index (χ1v) is 7.68. The van der Waals surface area contributed by atoms with Crippen LogP contribution in [0.2, 0.25) is 0 Å². The quantitative estimate of drug-likeness (QED) is 0.895. The number of hydrogen-bond donors (Lipinski definition) is 1. The van der Waals surface area contributed by atoms with E-state index >= 15 is 0 Å². The molecule has 1 aromatic carbocycles. The molecule has 2 unspecified atom stereocenters. The zero-order valence-electron chi connectivity index (χ0n) is 12.4. The summed E-state index contributed by atoms with van der Waals surface area (Å²) in [6.07, 6.45) is 5.45.